The van der Waals surface area contributed by atoms with Crippen LogP contribution in [0.15, 0.2) is 54.6 Å². The molecule has 0 unspecified atom stereocenters. The van der Waals surface area contributed by atoms with Crippen molar-refractivity contribution in [2.24, 2.45) is 0 Å². The van der Waals surface area contributed by atoms with E-state index in [0.29, 0.717) is 11.3 Å². The van der Waals surface area contributed by atoms with Crippen molar-refractivity contribution < 1.29 is 26.1 Å². The molecule has 0 aliphatic heterocycles. The van der Waals surface area contributed by atoms with Gasteiger partial charge in [0.25, 0.3) is 0 Å². The quantitative estimate of drug-likeness (QED) is 0.253. The summed E-state index contributed by atoms with van der Waals surface area (Å²) >= 11 is 0. The SMILES string of the molecule is N#CC(=Cc1ccccc1)c1ccc([N+]#N)cc1.O=S(=O)([O-])C(F)(F)F. The third kappa shape index (κ3) is 6.36. The molecule has 10 heteroatoms. The van der Waals surface area contributed by atoms with Gasteiger partial charge in [-0.2, -0.15) is 18.4 Å². The Balaban J connectivity index is 0.000000359. The lowest BCUT2D eigenvalue weighted by atomic mass is 10.0. The summed E-state index contributed by atoms with van der Waals surface area (Å²) < 4.78 is 58.9. The number of benzene rings is 2. The van der Waals surface area contributed by atoms with Crippen molar-refractivity contribution in [2.45, 2.75) is 5.51 Å². The van der Waals surface area contributed by atoms with Crippen molar-refractivity contribution >= 4 is 27.5 Å². The van der Waals surface area contributed by atoms with Gasteiger partial charge in [-0.15, -0.1) is 0 Å². The van der Waals surface area contributed by atoms with Crippen molar-refractivity contribution in [3.8, 4) is 6.07 Å². The fraction of sp³-hybridized carbons (Fsp3) is 0.0625. The summed E-state index contributed by atoms with van der Waals surface area (Å²) in [7, 11) is -6.09. The zero-order valence-electron chi connectivity index (χ0n) is 12.9. The van der Waals surface area contributed by atoms with Gasteiger partial charge in [0.05, 0.1) is 11.6 Å². The van der Waals surface area contributed by atoms with Crippen LogP contribution >= 0.6 is 0 Å². The molecule has 0 aliphatic carbocycles. The molecule has 26 heavy (non-hydrogen) atoms. The number of hydrogen-bond donors (Lipinski definition) is 0. The maximum Gasteiger partial charge on any atom is 0.485 e. The molecule has 0 saturated heterocycles. The van der Waals surface area contributed by atoms with Crippen molar-refractivity contribution in [1.29, 1.82) is 10.7 Å². The number of halogens is 3. The fourth-order valence-electron chi connectivity index (χ4n) is 1.60. The molecule has 0 fully saturated rings. The first kappa shape index (κ1) is 20.8. The van der Waals surface area contributed by atoms with Gasteiger partial charge in [-0.3, -0.25) is 0 Å². The molecule has 6 nitrogen and oxygen atoms in total. The van der Waals surface area contributed by atoms with Gasteiger partial charge in [0.15, 0.2) is 15.1 Å². The zero-order valence-corrected chi connectivity index (χ0v) is 13.7. The molecule has 2 aromatic rings. The van der Waals surface area contributed by atoms with Crippen LogP contribution in [0.2, 0.25) is 0 Å². The van der Waals surface area contributed by atoms with Crippen LogP contribution in [0.25, 0.3) is 16.6 Å². The standard InChI is InChI=1S/C15H10N3.CHF3O3S/c16-11-14(10-12-4-2-1-3-5-12)13-6-8-15(18-17)9-7-13;2-1(3,4)8(5,6)7/h1-10H;(H,5,6,7)/q+1;/p-1. The third-order valence-electron chi connectivity index (χ3n) is 2.81. The van der Waals surface area contributed by atoms with Gasteiger partial charge in [-0.05, 0) is 29.3 Å². The lowest BCUT2D eigenvalue weighted by Gasteiger charge is -2.08. The lowest BCUT2D eigenvalue weighted by Crippen LogP contribution is -2.21. The summed E-state index contributed by atoms with van der Waals surface area (Å²) in [5.41, 5.74) is -2.83. The monoisotopic (exact) mass is 381 g/mol. The highest BCUT2D eigenvalue weighted by Gasteiger charge is 2.36. The average Bonchev–Trinajstić information content (AvgIpc) is 2.59. The molecule has 0 N–H and O–H groups in total. The van der Waals surface area contributed by atoms with Crippen LogP contribution in [0.3, 0.4) is 0 Å². The first-order chi connectivity index (χ1) is 12.1. The Morgan fingerprint density at radius 1 is 1.08 bits per heavy atom. The van der Waals surface area contributed by atoms with Crippen LogP contribution in [-0.2, 0) is 10.1 Å². The molecule has 0 spiro atoms. The molecule has 0 aromatic heterocycles. The summed E-state index contributed by atoms with van der Waals surface area (Å²) in [6, 6.07) is 18.7. The molecule has 2 rings (SSSR count). The molecule has 0 atom stereocenters. The van der Waals surface area contributed by atoms with Crippen LogP contribution in [0.1, 0.15) is 11.1 Å². The highest BCUT2D eigenvalue weighted by molar-refractivity contribution is 7.86. The van der Waals surface area contributed by atoms with Gasteiger partial charge in [-0.1, -0.05) is 30.3 Å². The average molecular weight is 381 g/mol. The van der Waals surface area contributed by atoms with Crippen molar-refractivity contribution in [2.75, 3.05) is 0 Å². The Bertz CT molecular complexity index is 956. The van der Waals surface area contributed by atoms with Crippen molar-refractivity contribution in [3.63, 3.8) is 0 Å². The largest absolute Gasteiger partial charge is 0.741 e. The number of nitriles is 1. The van der Waals surface area contributed by atoms with Crippen LogP contribution in [0.4, 0.5) is 18.9 Å². The third-order valence-corrected chi connectivity index (χ3v) is 3.38. The minimum absolute atomic E-state index is 0.468. The topological polar surface area (TPSA) is 109 Å². The van der Waals surface area contributed by atoms with Gasteiger partial charge < -0.3 is 4.55 Å². The highest BCUT2D eigenvalue weighted by atomic mass is 32.2. The molecular weight excluding hydrogens is 371 g/mol. The second-order valence-electron chi connectivity index (χ2n) is 4.63. The van der Waals surface area contributed by atoms with Crippen LogP contribution in [-0.4, -0.2) is 18.5 Å². The van der Waals surface area contributed by atoms with E-state index in [1.807, 2.05) is 36.4 Å². The number of allylic oxidation sites excluding steroid dienone is 1. The number of nitrogens with zero attached hydrogens (tertiary/aromatic N) is 3. The second kappa shape index (κ2) is 8.76. The Hall–Kier alpha value is -3.21. The van der Waals surface area contributed by atoms with E-state index in [1.165, 1.54) is 0 Å². The first-order valence-corrected chi connectivity index (χ1v) is 8.14. The number of rotatable bonds is 2. The van der Waals surface area contributed by atoms with Crippen molar-refractivity contribution in [1.82, 2.24) is 0 Å². The van der Waals surface area contributed by atoms with Gasteiger partial charge in [0.1, 0.15) is 0 Å². The van der Waals surface area contributed by atoms with E-state index in [4.69, 9.17) is 18.4 Å². The maximum atomic E-state index is 10.7. The molecule has 0 bridgehead atoms. The Morgan fingerprint density at radius 2 is 1.58 bits per heavy atom. The molecular formula is C16H10F3N3O3S. The lowest BCUT2D eigenvalue weighted by molar-refractivity contribution is -0.0517. The first-order valence-electron chi connectivity index (χ1n) is 6.73. The normalized spacial score (nSPS) is 11.5. The Morgan fingerprint density at radius 3 is 1.96 bits per heavy atom. The van der Waals surface area contributed by atoms with Crippen LogP contribution in [0.5, 0.6) is 0 Å². The van der Waals surface area contributed by atoms with E-state index in [9.17, 15) is 18.4 Å². The van der Waals surface area contributed by atoms with Crippen molar-refractivity contribution in [3.05, 3.63) is 70.7 Å². The van der Waals surface area contributed by atoms with Gasteiger partial charge >= 0.3 is 11.2 Å². The zero-order chi connectivity index (χ0) is 19.8. The Kier molecular flexibility index (Phi) is 7.02. The van der Waals surface area contributed by atoms with Crippen LogP contribution < -0.4 is 0 Å². The molecule has 134 valence electrons. The highest BCUT2D eigenvalue weighted by Crippen LogP contribution is 2.21. The fourth-order valence-corrected chi connectivity index (χ4v) is 1.60. The summed E-state index contributed by atoms with van der Waals surface area (Å²) in [5, 5.41) is 17.8. The van der Waals surface area contributed by atoms with Crippen LogP contribution in [0, 0.1) is 16.7 Å². The van der Waals surface area contributed by atoms with Gasteiger partial charge in [-0.25, -0.2) is 8.42 Å². The predicted octanol–water partition coefficient (Wildman–Crippen LogP) is 4.29. The maximum absolute atomic E-state index is 10.7. The summed E-state index contributed by atoms with van der Waals surface area (Å²) in [4.78, 5) is 3.08. The predicted molar refractivity (Wildman–Crippen MR) is 86.9 cm³/mol. The molecule has 0 saturated carbocycles. The molecule has 0 radical (unpaired) electrons. The number of hydrogen-bond acceptors (Lipinski definition) is 5. The minimum Gasteiger partial charge on any atom is -0.741 e. The molecule has 2 aromatic carbocycles. The Labute approximate surface area is 147 Å². The minimum atomic E-state index is -6.09. The summed E-state index contributed by atoms with van der Waals surface area (Å²) in [5.74, 6) is 0. The summed E-state index contributed by atoms with van der Waals surface area (Å²) in [6.07, 6.45) is 1.82. The van der Waals surface area contributed by atoms with E-state index < -0.39 is 15.6 Å². The number of diazo groups is 1. The van der Waals surface area contributed by atoms with E-state index in [-0.39, 0.29) is 0 Å². The van der Waals surface area contributed by atoms with E-state index in [2.05, 4.69) is 11.0 Å². The molecule has 0 heterocycles. The smallest absolute Gasteiger partial charge is 0.485 e. The summed E-state index contributed by atoms with van der Waals surface area (Å²) in [6.45, 7) is 0. The second-order valence-corrected chi connectivity index (χ2v) is 6.00. The number of alkyl halides is 3. The van der Waals surface area contributed by atoms with E-state index in [1.54, 1.807) is 24.3 Å². The molecule has 0 amide bonds. The van der Waals surface area contributed by atoms with Gasteiger partial charge in [0.2, 0.25) is 5.39 Å². The van der Waals surface area contributed by atoms with Gasteiger partial charge in [0, 0.05) is 12.1 Å². The van der Waals surface area contributed by atoms with E-state index in [0.717, 1.165) is 11.1 Å². The molecule has 0 aliphatic rings. The van der Waals surface area contributed by atoms with E-state index >= 15 is 0 Å².